The van der Waals surface area contributed by atoms with Gasteiger partial charge >= 0.3 is 0 Å². The molecule has 1 aliphatic rings. The zero-order valence-electron chi connectivity index (χ0n) is 10.3. The molecule has 2 nitrogen and oxygen atoms in total. The summed E-state index contributed by atoms with van der Waals surface area (Å²) in [7, 11) is 0. The first-order chi connectivity index (χ1) is 8.10. The van der Waals surface area contributed by atoms with Gasteiger partial charge in [0, 0.05) is 6.04 Å². The van der Waals surface area contributed by atoms with Gasteiger partial charge in [0.15, 0.2) is 0 Å². The summed E-state index contributed by atoms with van der Waals surface area (Å²) in [6.07, 6.45) is 9.77. The molecule has 2 atom stereocenters. The van der Waals surface area contributed by atoms with E-state index in [2.05, 4.69) is 31.2 Å². The van der Waals surface area contributed by atoms with E-state index in [1.807, 2.05) is 24.3 Å². The van der Waals surface area contributed by atoms with Crippen LogP contribution in [0.1, 0.15) is 17.5 Å². The second-order valence-electron chi connectivity index (χ2n) is 4.87. The minimum atomic E-state index is -0.403. The van der Waals surface area contributed by atoms with Crippen LogP contribution in [-0.2, 0) is 6.42 Å². The fourth-order valence-electron chi connectivity index (χ4n) is 2.07. The maximum atomic E-state index is 6.32. The molecule has 4 N–H and O–H groups in total. The van der Waals surface area contributed by atoms with Crippen molar-refractivity contribution in [2.24, 2.45) is 11.5 Å². The molecule has 0 heterocycles. The number of benzene rings is 1. The molecule has 0 saturated carbocycles. The molecular weight excluding hydrogens is 208 g/mol. The number of hydrogen-bond donors (Lipinski definition) is 2. The molecule has 0 amide bonds. The van der Waals surface area contributed by atoms with E-state index in [4.69, 9.17) is 11.5 Å². The molecule has 0 aliphatic heterocycles. The summed E-state index contributed by atoms with van der Waals surface area (Å²) in [4.78, 5) is 0. The van der Waals surface area contributed by atoms with Crippen molar-refractivity contribution in [1.29, 1.82) is 0 Å². The fourth-order valence-corrected chi connectivity index (χ4v) is 2.07. The van der Waals surface area contributed by atoms with E-state index in [1.165, 1.54) is 11.1 Å². The van der Waals surface area contributed by atoms with Crippen LogP contribution in [0.3, 0.4) is 0 Å². The van der Waals surface area contributed by atoms with E-state index in [1.54, 1.807) is 0 Å². The second kappa shape index (κ2) is 4.86. The fraction of sp³-hybridized carbons (Fsp3) is 0.333. The third kappa shape index (κ3) is 2.84. The smallest absolute Gasteiger partial charge is 0.0535 e. The van der Waals surface area contributed by atoms with Crippen LogP contribution in [0.15, 0.2) is 48.6 Å². The zero-order valence-corrected chi connectivity index (χ0v) is 10.3. The summed E-state index contributed by atoms with van der Waals surface area (Å²) in [5.41, 5.74) is 14.6. The van der Waals surface area contributed by atoms with Gasteiger partial charge in [-0.25, -0.2) is 0 Å². The minimum absolute atomic E-state index is 0.0852. The van der Waals surface area contributed by atoms with E-state index in [0.717, 1.165) is 12.8 Å². The van der Waals surface area contributed by atoms with Gasteiger partial charge in [-0.3, -0.25) is 0 Å². The highest BCUT2D eigenvalue weighted by Crippen LogP contribution is 2.20. The maximum Gasteiger partial charge on any atom is 0.0535 e. The Labute approximate surface area is 103 Å². The molecule has 2 unspecified atom stereocenters. The van der Waals surface area contributed by atoms with E-state index in [9.17, 15) is 0 Å². The average molecular weight is 228 g/mol. The van der Waals surface area contributed by atoms with Gasteiger partial charge in [-0.05, 0) is 25.3 Å². The zero-order chi connectivity index (χ0) is 12.3. The standard InChI is InChI=1S/C15H20N2/c1-12-5-7-13(8-6-12)9-11-15(17)10-3-2-4-14(15)16/h2-8,10,14H,9,11,16-17H2,1H3. The van der Waals surface area contributed by atoms with Crippen molar-refractivity contribution in [3.05, 3.63) is 59.7 Å². The molecule has 1 aliphatic carbocycles. The van der Waals surface area contributed by atoms with E-state index in [-0.39, 0.29) is 6.04 Å². The van der Waals surface area contributed by atoms with E-state index in [0.29, 0.717) is 0 Å². The minimum Gasteiger partial charge on any atom is -0.323 e. The first-order valence-corrected chi connectivity index (χ1v) is 6.06. The van der Waals surface area contributed by atoms with Crippen LogP contribution in [0.4, 0.5) is 0 Å². The van der Waals surface area contributed by atoms with Crippen molar-refractivity contribution in [3.63, 3.8) is 0 Å². The van der Waals surface area contributed by atoms with E-state index >= 15 is 0 Å². The highest BCUT2D eigenvalue weighted by Gasteiger charge is 2.28. The number of rotatable bonds is 3. The molecule has 2 heteroatoms. The Balaban J connectivity index is 2.00. The molecule has 90 valence electrons. The van der Waals surface area contributed by atoms with Crippen molar-refractivity contribution >= 4 is 0 Å². The molecule has 0 radical (unpaired) electrons. The Morgan fingerprint density at radius 3 is 2.53 bits per heavy atom. The molecule has 17 heavy (non-hydrogen) atoms. The normalized spacial score (nSPS) is 27.4. The summed E-state index contributed by atoms with van der Waals surface area (Å²) < 4.78 is 0. The number of allylic oxidation sites excluding steroid dienone is 2. The van der Waals surface area contributed by atoms with Gasteiger partial charge < -0.3 is 11.5 Å². The predicted octanol–water partition coefficient (Wildman–Crippen LogP) is 2.08. The monoisotopic (exact) mass is 228 g/mol. The lowest BCUT2D eigenvalue weighted by Crippen LogP contribution is -2.53. The molecule has 0 bridgehead atoms. The molecule has 2 rings (SSSR count). The van der Waals surface area contributed by atoms with Crippen LogP contribution in [-0.4, -0.2) is 11.6 Å². The van der Waals surface area contributed by atoms with Gasteiger partial charge in [-0.15, -0.1) is 0 Å². The highest BCUT2D eigenvalue weighted by molar-refractivity contribution is 5.28. The van der Waals surface area contributed by atoms with Crippen molar-refractivity contribution in [3.8, 4) is 0 Å². The topological polar surface area (TPSA) is 52.0 Å². The quantitative estimate of drug-likeness (QED) is 0.832. The van der Waals surface area contributed by atoms with Gasteiger partial charge in [0.25, 0.3) is 0 Å². The molecule has 0 fully saturated rings. The molecular formula is C15H20N2. The largest absolute Gasteiger partial charge is 0.323 e. The lowest BCUT2D eigenvalue weighted by atomic mass is 9.82. The van der Waals surface area contributed by atoms with Gasteiger partial charge in [-0.2, -0.15) is 0 Å². The maximum absolute atomic E-state index is 6.32. The Morgan fingerprint density at radius 2 is 1.88 bits per heavy atom. The Hall–Kier alpha value is -1.38. The predicted molar refractivity (Wildman–Crippen MR) is 72.7 cm³/mol. The molecule has 0 aromatic heterocycles. The summed E-state index contributed by atoms with van der Waals surface area (Å²) >= 11 is 0. The van der Waals surface area contributed by atoms with Gasteiger partial charge in [-0.1, -0.05) is 54.1 Å². The van der Waals surface area contributed by atoms with Gasteiger partial charge in [0.1, 0.15) is 0 Å². The van der Waals surface area contributed by atoms with Crippen LogP contribution in [0.25, 0.3) is 0 Å². The lowest BCUT2D eigenvalue weighted by molar-refractivity contribution is 0.436. The van der Waals surface area contributed by atoms with Crippen molar-refractivity contribution in [2.45, 2.75) is 31.3 Å². The van der Waals surface area contributed by atoms with Crippen molar-refractivity contribution in [2.75, 3.05) is 0 Å². The van der Waals surface area contributed by atoms with Crippen molar-refractivity contribution in [1.82, 2.24) is 0 Å². The summed E-state index contributed by atoms with van der Waals surface area (Å²) in [5.74, 6) is 0. The summed E-state index contributed by atoms with van der Waals surface area (Å²) in [6.45, 7) is 2.10. The lowest BCUT2D eigenvalue weighted by Gasteiger charge is -2.32. The van der Waals surface area contributed by atoms with Crippen molar-refractivity contribution < 1.29 is 0 Å². The summed E-state index contributed by atoms with van der Waals surface area (Å²) in [5, 5.41) is 0. The van der Waals surface area contributed by atoms with E-state index < -0.39 is 5.54 Å². The first-order valence-electron chi connectivity index (χ1n) is 6.06. The molecule has 0 saturated heterocycles. The number of aryl methyl sites for hydroxylation is 2. The van der Waals surface area contributed by atoms with Gasteiger partial charge in [0.2, 0.25) is 0 Å². The molecule has 1 aromatic rings. The van der Waals surface area contributed by atoms with Crippen LogP contribution < -0.4 is 11.5 Å². The third-order valence-electron chi connectivity index (χ3n) is 3.42. The second-order valence-corrected chi connectivity index (χ2v) is 4.87. The average Bonchev–Trinajstić information content (AvgIpc) is 2.33. The van der Waals surface area contributed by atoms with Crippen LogP contribution in [0.5, 0.6) is 0 Å². The van der Waals surface area contributed by atoms with Crippen LogP contribution in [0.2, 0.25) is 0 Å². The van der Waals surface area contributed by atoms with Gasteiger partial charge in [0.05, 0.1) is 5.54 Å². The summed E-state index contributed by atoms with van der Waals surface area (Å²) in [6, 6.07) is 8.50. The Kier molecular flexibility index (Phi) is 3.46. The number of nitrogens with two attached hydrogens (primary N) is 2. The Morgan fingerprint density at radius 1 is 1.18 bits per heavy atom. The molecule has 1 aromatic carbocycles. The number of hydrogen-bond acceptors (Lipinski definition) is 2. The SMILES string of the molecule is Cc1ccc(CCC2(N)C=CC=CC2N)cc1. The Bertz CT molecular complexity index is 431. The molecule has 0 spiro atoms. The third-order valence-corrected chi connectivity index (χ3v) is 3.42. The highest BCUT2D eigenvalue weighted by atomic mass is 14.8. The van der Waals surface area contributed by atoms with Crippen LogP contribution in [0, 0.1) is 6.92 Å². The van der Waals surface area contributed by atoms with Crippen LogP contribution >= 0.6 is 0 Å². The first kappa shape index (κ1) is 12.1.